The van der Waals surface area contributed by atoms with Crippen LogP contribution in [0.3, 0.4) is 0 Å². The highest BCUT2D eigenvalue weighted by Crippen LogP contribution is 2.51. The van der Waals surface area contributed by atoms with Gasteiger partial charge in [-0.2, -0.15) is 4.37 Å². The highest BCUT2D eigenvalue weighted by atomic mass is 32.1. The van der Waals surface area contributed by atoms with Crippen LogP contribution >= 0.6 is 11.5 Å². The molecule has 0 saturated heterocycles. The number of nitrogens with zero attached hydrogens (tertiary/aromatic N) is 3. The lowest BCUT2D eigenvalue weighted by atomic mass is 9.73. The lowest BCUT2D eigenvalue weighted by Crippen LogP contribution is -2.30. The van der Waals surface area contributed by atoms with E-state index in [2.05, 4.69) is 115 Å². The Labute approximate surface area is 228 Å². The highest BCUT2D eigenvalue weighted by molar-refractivity contribution is 7.09. The Kier molecular flexibility index (Phi) is 6.46. The third kappa shape index (κ3) is 4.37. The fourth-order valence-electron chi connectivity index (χ4n) is 5.19. The van der Waals surface area contributed by atoms with Crippen molar-refractivity contribution in [3.8, 4) is 27.7 Å². The van der Waals surface area contributed by atoms with Crippen molar-refractivity contribution in [2.45, 2.75) is 39.0 Å². The van der Waals surface area contributed by atoms with Crippen molar-refractivity contribution in [3.05, 3.63) is 108 Å². The molecule has 0 amide bonds. The predicted molar refractivity (Wildman–Crippen MR) is 158 cm³/mol. The molecule has 6 rings (SSSR count). The van der Waals surface area contributed by atoms with Crippen LogP contribution in [-0.2, 0) is 5.41 Å². The summed E-state index contributed by atoms with van der Waals surface area (Å²) in [5.74, 6) is 1.65. The van der Waals surface area contributed by atoms with Gasteiger partial charge in [0.15, 0.2) is 5.82 Å². The van der Waals surface area contributed by atoms with E-state index in [0.29, 0.717) is 0 Å². The number of para-hydroxylation sites is 2. The minimum Gasteiger partial charge on any atom is -0.494 e. The summed E-state index contributed by atoms with van der Waals surface area (Å²) < 4.78 is 10.5. The zero-order valence-electron chi connectivity index (χ0n) is 22.0. The fraction of sp³-hybridized carbons (Fsp3) is 0.212. The molecule has 2 heterocycles. The molecule has 0 radical (unpaired) electrons. The summed E-state index contributed by atoms with van der Waals surface area (Å²) in [6, 6.07) is 34.2. The molecule has 190 valence electrons. The Bertz CT molecular complexity index is 1500. The number of hydrogen-bond donors (Lipinski definition) is 0. The van der Waals surface area contributed by atoms with Gasteiger partial charge in [-0.25, -0.2) is 4.98 Å². The van der Waals surface area contributed by atoms with E-state index in [9.17, 15) is 0 Å². The Hall–Kier alpha value is -3.96. The lowest BCUT2D eigenvalue weighted by Gasteiger charge is -2.42. The molecule has 1 aliphatic heterocycles. The van der Waals surface area contributed by atoms with Crippen molar-refractivity contribution < 1.29 is 4.74 Å². The van der Waals surface area contributed by atoms with Gasteiger partial charge >= 0.3 is 0 Å². The number of hydrogen-bond acceptors (Lipinski definition) is 5. The van der Waals surface area contributed by atoms with E-state index in [1.54, 1.807) is 0 Å². The van der Waals surface area contributed by atoms with Crippen molar-refractivity contribution in [3.63, 3.8) is 0 Å². The second kappa shape index (κ2) is 10.1. The normalized spacial score (nSPS) is 13.6. The van der Waals surface area contributed by atoms with Crippen LogP contribution in [-0.4, -0.2) is 16.0 Å². The quantitative estimate of drug-likeness (QED) is 0.202. The maximum atomic E-state index is 5.79. The number of unbranched alkanes of at least 4 members (excludes halogenated alkanes) is 1. The summed E-state index contributed by atoms with van der Waals surface area (Å²) >= 11 is 1.43. The second-order valence-electron chi connectivity index (χ2n) is 10.2. The topological polar surface area (TPSA) is 38.2 Å². The summed E-state index contributed by atoms with van der Waals surface area (Å²) in [4.78, 5) is 7.21. The standard InChI is InChI=1S/C33H31N3OS/c1-4-5-22-37-26-20-16-24(17-21-26)32-34-31(35-38-32)23-14-18-25(19-15-23)36-29-12-8-6-10-27(29)33(2,3)28-11-7-9-13-30(28)36/h6-21H,4-5,22H2,1-3H3. The molecule has 0 spiro atoms. The summed E-state index contributed by atoms with van der Waals surface area (Å²) in [6.45, 7) is 7.54. The molecule has 0 bridgehead atoms. The van der Waals surface area contributed by atoms with Gasteiger partial charge in [-0.1, -0.05) is 63.6 Å². The maximum absolute atomic E-state index is 5.79. The highest BCUT2D eigenvalue weighted by Gasteiger charge is 2.36. The smallest absolute Gasteiger partial charge is 0.173 e. The van der Waals surface area contributed by atoms with E-state index < -0.39 is 0 Å². The molecule has 0 atom stereocenters. The largest absolute Gasteiger partial charge is 0.494 e. The second-order valence-corrected chi connectivity index (χ2v) is 10.9. The summed E-state index contributed by atoms with van der Waals surface area (Å²) in [6.07, 6.45) is 2.19. The zero-order chi connectivity index (χ0) is 26.1. The zero-order valence-corrected chi connectivity index (χ0v) is 22.8. The van der Waals surface area contributed by atoms with E-state index in [4.69, 9.17) is 9.72 Å². The Balaban J connectivity index is 1.28. The first-order valence-corrected chi connectivity index (χ1v) is 14.0. The molecule has 0 N–H and O–H groups in total. The van der Waals surface area contributed by atoms with Crippen molar-refractivity contribution in [1.29, 1.82) is 0 Å². The minimum atomic E-state index is -0.0651. The van der Waals surface area contributed by atoms with Crippen LogP contribution in [0, 0.1) is 0 Å². The Morgan fingerprint density at radius 3 is 2.00 bits per heavy atom. The lowest BCUT2D eigenvalue weighted by molar-refractivity contribution is 0.309. The van der Waals surface area contributed by atoms with E-state index in [1.807, 2.05) is 12.1 Å². The first-order chi connectivity index (χ1) is 18.6. The molecule has 0 saturated carbocycles. The predicted octanol–water partition coefficient (Wildman–Crippen LogP) is 9.16. The van der Waals surface area contributed by atoms with E-state index >= 15 is 0 Å². The summed E-state index contributed by atoms with van der Waals surface area (Å²) in [5, 5.41) is 0.908. The molecular formula is C33H31N3OS. The molecule has 1 aromatic heterocycles. The van der Waals surface area contributed by atoms with Crippen LogP contribution in [0.15, 0.2) is 97.1 Å². The van der Waals surface area contributed by atoms with Gasteiger partial charge in [0, 0.05) is 22.2 Å². The first-order valence-electron chi connectivity index (χ1n) is 13.2. The molecule has 38 heavy (non-hydrogen) atoms. The molecule has 0 unspecified atom stereocenters. The van der Waals surface area contributed by atoms with Crippen LogP contribution in [0.5, 0.6) is 5.75 Å². The molecule has 5 aromatic rings. The van der Waals surface area contributed by atoms with E-state index in [-0.39, 0.29) is 5.41 Å². The van der Waals surface area contributed by atoms with Crippen molar-refractivity contribution in [2.75, 3.05) is 11.5 Å². The van der Waals surface area contributed by atoms with Gasteiger partial charge in [0.1, 0.15) is 10.8 Å². The van der Waals surface area contributed by atoms with Gasteiger partial charge in [-0.3, -0.25) is 0 Å². The minimum absolute atomic E-state index is 0.0651. The molecule has 4 nitrogen and oxygen atoms in total. The maximum Gasteiger partial charge on any atom is 0.173 e. The average Bonchev–Trinajstić information content (AvgIpc) is 3.45. The van der Waals surface area contributed by atoms with Crippen LogP contribution < -0.4 is 9.64 Å². The third-order valence-corrected chi connectivity index (χ3v) is 8.08. The van der Waals surface area contributed by atoms with Crippen LogP contribution in [0.25, 0.3) is 22.0 Å². The number of fused-ring (bicyclic) bond motifs is 2. The number of aromatic nitrogens is 2. The van der Waals surface area contributed by atoms with Gasteiger partial charge in [0.05, 0.1) is 18.0 Å². The number of rotatable bonds is 7. The Morgan fingerprint density at radius 1 is 0.763 bits per heavy atom. The first kappa shape index (κ1) is 24.4. The van der Waals surface area contributed by atoms with Gasteiger partial charge in [0.25, 0.3) is 0 Å². The summed E-state index contributed by atoms with van der Waals surface area (Å²) in [7, 11) is 0. The average molecular weight is 518 g/mol. The number of ether oxygens (including phenoxy) is 1. The molecular weight excluding hydrogens is 486 g/mol. The molecule has 1 aliphatic rings. The monoisotopic (exact) mass is 517 g/mol. The van der Waals surface area contributed by atoms with Crippen LogP contribution in [0.4, 0.5) is 17.1 Å². The molecule has 0 fully saturated rings. The molecule has 5 heteroatoms. The fourth-order valence-corrected chi connectivity index (χ4v) is 5.88. The van der Waals surface area contributed by atoms with Crippen molar-refractivity contribution >= 4 is 28.6 Å². The van der Waals surface area contributed by atoms with E-state index in [0.717, 1.165) is 52.8 Å². The number of anilines is 3. The third-order valence-electron chi connectivity index (χ3n) is 7.31. The van der Waals surface area contributed by atoms with Gasteiger partial charge in [-0.05, 0) is 89.7 Å². The number of benzene rings is 4. The molecule has 4 aromatic carbocycles. The summed E-state index contributed by atoms with van der Waals surface area (Å²) in [5.41, 5.74) is 8.22. The van der Waals surface area contributed by atoms with Gasteiger partial charge < -0.3 is 9.64 Å². The van der Waals surface area contributed by atoms with Crippen LogP contribution in [0.1, 0.15) is 44.7 Å². The van der Waals surface area contributed by atoms with Crippen molar-refractivity contribution in [2.24, 2.45) is 0 Å². The van der Waals surface area contributed by atoms with E-state index in [1.165, 1.54) is 34.0 Å². The molecule has 0 aliphatic carbocycles. The Morgan fingerprint density at radius 2 is 1.37 bits per heavy atom. The van der Waals surface area contributed by atoms with Gasteiger partial charge in [0.2, 0.25) is 0 Å². The van der Waals surface area contributed by atoms with Gasteiger partial charge in [-0.15, -0.1) is 0 Å². The van der Waals surface area contributed by atoms with Crippen LogP contribution in [0.2, 0.25) is 0 Å². The SMILES string of the molecule is CCCCOc1ccc(-c2nc(-c3ccc(N4c5ccccc5C(C)(C)c5ccccc54)cc3)ns2)cc1. The van der Waals surface area contributed by atoms with Crippen molar-refractivity contribution in [1.82, 2.24) is 9.36 Å².